The lowest BCUT2D eigenvalue weighted by molar-refractivity contribution is 0.619. The van der Waals surface area contributed by atoms with E-state index in [1.54, 1.807) is 6.20 Å². The van der Waals surface area contributed by atoms with Crippen LogP contribution in [0.3, 0.4) is 0 Å². The third kappa shape index (κ3) is 1.52. The molecule has 0 radical (unpaired) electrons. The van der Waals surface area contributed by atoms with Crippen LogP contribution in [0, 0.1) is 5.82 Å². The molecule has 5 nitrogen and oxygen atoms in total. The van der Waals surface area contributed by atoms with Gasteiger partial charge in [0.2, 0.25) is 0 Å². The van der Waals surface area contributed by atoms with E-state index < -0.39 is 0 Å². The minimum atomic E-state index is -0.349. The van der Waals surface area contributed by atoms with Crippen molar-refractivity contribution in [2.45, 2.75) is 12.5 Å². The van der Waals surface area contributed by atoms with Gasteiger partial charge in [-0.3, -0.25) is 0 Å². The van der Waals surface area contributed by atoms with Gasteiger partial charge in [-0.15, -0.1) is 0 Å². The van der Waals surface area contributed by atoms with Crippen LogP contribution < -0.4 is 16.4 Å². The molecule has 1 unspecified atom stereocenters. The summed E-state index contributed by atoms with van der Waals surface area (Å²) in [5.41, 5.74) is 13.3. The van der Waals surface area contributed by atoms with Crippen molar-refractivity contribution in [2.24, 2.45) is 5.73 Å². The number of aromatic nitrogens is 2. The fourth-order valence-electron chi connectivity index (χ4n) is 2.38. The second-order valence-electron chi connectivity index (χ2n) is 4.42. The molecule has 1 atom stereocenters. The molecule has 3 heterocycles. The van der Waals surface area contributed by atoms with Crippen LogP contribution in [0.25, 0.3) is 11.0 Å². The molecular weight excluding hydrogens is 221 g/mol. The van der Waals surface area contributed by atoms with E-state index in [2.05, 4.69) is 9.97 Å². The molecule has 1 fully saturated rings. The first-order chi connectivity index (χ1) is 8.16. The lowest BCUT2D eigenvalue weighted by atomic mass is 10.2. The van der Waals surface area contributed by atoms with E-state index in [1.165, 1.54) is 6.20 Å². The highest BCUT2D eigenvalue weighted by molar-refractivity contribution is 5.99. The van der Waals surface area contributed by atoms with Crippen LogP contribution in [0.2, 0.25) is 0 Å². The molecule has 0 bridgehead atoms. The number of H-pyrrole nitrogens is 1. The number of aromatic amines is 1. The number of rotatable bonds is 1. The lowest BCUT2D eigenvalue weighted by Crippen LogP contribution is -2.27. The maximum absolute atomic E-state index is 13.9. The number of hydrogen-bond donors (Lipinski definition) is 3. The highest BCUT2D eigenvalue weighted by atomic mass is 19.1. The van der Waals surface area contributed by atoms with Gasteiger partial charge in [-0.2, -0.15) is 0 Å². The Bertz CT molecular complexity index is 564. The summed E-state index contributed by atoms with van der Waals surface area (Å²) in [5.74, 6) is -0.349. The second kappa shape index (κ2) is 3.59. The summed E-state index contributed by atoms with van der Waals surface area (Å²) >= 11 is 0. The molecule has 1 aliphatic rings. The molecule has 0 spiro atoms. The Morgan fingerprint density at radius 2 is 2.35 bits per heavy atom. The third-order valence-corrected chi connectivity index (χ3v) is 3.20. The zero-order valence-corrected chi connectivity index (χ0v) is 9.28. The smallest absolute Gasteiger partial charge is 0.165 e. The number of pyridine rings is 1. The number of halogens is 1. The summed E-state index contributed by atoms with van der Waals surface area (Å²) in [4.78, 5) is 8.85. The molecule has 2 aromatic heterocycles. The van der Waals surface area contributed by atoms with Crippen LogP contribution in [0.15, 0.2) is 12.4 Å². The number of anilines is 2. The Morgan fingerprint density at radius 3 is 3.06 bits per heavy atom. The fourth-order valence-corrected chi connectivity index (χ4v) is 2.38. The average molecular weight is 235 g/mol. The van der Waals surface area contributed by atoms with Gasteiger partial charge in [0.15, 0.2) is 5.82 Å². The first-order valence-corrected chi connectivity index (χ1v) is 5.58. The van der Waals surface area contributed by atoms with E-state index in [1.807, 2.05) is 4.90 Å². The van der Waals surface area contributed by atoms with Crippen molar-refractivity contribution < 1.29 is 4.39 Å². The third-order valence-electron chi connectivity index (χ3n) is 3.20. The Kier molecular flexibility index (Phi) is 2.19. The number of fused-ring (bicyclic) bond motifs is 1. The SMILES string of the molecule is Nc1c[nH]c2ncc(F)c(N3CCC(N)C3)c12. The molecule has 0 amide bonds. The maximum Gasteiger partial charge on any atom is 0.165 e. The molecule has 0 aromatic carbocycles. The zero-order chi connectivity index (χ0) is 12.0. The molecule has 5 N–H and O–H groups in total. The van der Waals surface area contributed by atoms with E-state index >= 15 is 0 Å². The minimum Gasteiger partial charge on any atom is -0.397 e. The van der Waals surface area contributed by atoms with Crippen LogP contribution in [0.4, 0.5) is 15.8 Å². The number of nitrogen functional groups attached to an aromatic ring is 1. The number of nitrogens with zero attached hydrogens (tertiary/aromatic N) is 2. The van der Waals surface area contributed by atoms with Crippen molar-refractivity contribution in [3.63, 3.8) is 0 Å². The molecule has 17 heavy (non-hydrogen) atoms. The molecule has 1 saturated heterocycles. The topological polar surface area (TPSA) is 84.0 Å². The summed E-state index contributed by atoms with van der Waals surface area (Å²) in [5, 5.41) is 0.652. The minimum absolute atomic E-state index is 0.0952. The van der Waals surface area contributed by atoms with Gasteiger partial charge in [0.05, 0.1) is 23.0 Å². The van der Waals surface area contributed by atoms with Gasteiger partial charge in [0.25, 0.3) is 0 Å². The summed E-state index contributed by atoms with van der Waals surface area (Å²) in [6.07, 6.45) is 3.72. The van der Waals surface area contributed by atoms with Gasteiger partial charge >= 0.3 is 0 Å². The van der Waals surface area contributed by atoms with E-state index in [4.69, 9.17) is 11.5 Å². The van der Waals surface area contributed by atoms with Crippen LogP contribution in [0.5, 0.6) is 0 Å². The highest BCUT2D eigenvalue weighted by Crippen LogP contribution is 2.34. The van der Waals surface area contributed by atoms with E-state index in [-0.39, 0.29) is 11.9 Å². The monoisotopic (exact) mass is 235 g/mol. The van der Waals surface area contributed by atoms with E-state index in [0.29, 0.717) is 29.0 Å². The quantitative estimate of drug-likeness (QED) is 0.683. The van der Waals surface area contributed by atoms with Crippen molar-refractivity contribution in [3.8, 4) is 0 Å². The molecule has 0 aliphatic carbocycles. The Labute approximate surface area is 97.6 Å². The fraction of sp³-hybridized carbons (Fsp3) is 0.364. The first kappa shape index (κ1) is 10.3. The van der Waals surface area contributed by atoms with Crippen LogP contribution in [0.1, 0.15) is 6.42 Å². The maximum atomic E-state index is 13.9. The molecular formula is C11H14FN5. The van der Waals surface area contributed by atoms with Crippen molar-refractivity contribution >= 4 is 22.4 Å². The Hall–Kier alpha value is -1.82. The normalized spacial score (nSPS) is 20.4. The molecule has 3 rings (SSSR count). The molecule has 1 aliphatic heterocycles. The molecule has 0 saturated carbocycles. The highest BCUT2D eigenvalue weighted by Gasteiger charge is 2.25. The lowest BCUT2D eigenvalue weighted by Gasteiger charge is -2.19. The summed E-state index contributed by atoms with van der Waals surface area (Å²) in [6, 6.07) is 0.0952. The largest absolute Gasteiger partial charge is 0.397 e. The standard InChI is InChI=1S/C11H14FN5/c12-7-3-15-11-9(8(14)4-16-11)10(7)17-2-1-6(13)5-17/h3-4,6H,1-2,5,13-14H2,(H,15,16). The predicted molar refractivity (Wildman–Crippen MR) is 65.3 cm³/mol. The Morgan fingerprint density at radius 1 is 1.53 bits per heavy atom. The number of hydrogen-bond acceptors (Lipinski definition) is 4. The van der Waals surface area contributed by atoms with Gasteiger partial charge in [0.1, 0.15) is 5.65 Å². The summed E-state index contributed by atoms with van der Waals surface area (Å²) < 4.78 is 13.9. The number of nitrogens with two attached hydrogens (primary N) is 2. The van der Waals surface area contributed by atoms with Crippen LogP contribution >= 0.6 is 0 Å². The van der Waals surface area contributed by atoms with Gasteiger partial charge in [-0.05, 0) is 6.42 Å². The van der Waals surface area contributed by atoms with Crippen LogP contribution in [-0.2, 0) is 0 Å². The molecule has 6 heteroatoms. The average Bonchev–Trinajstić information content (AvgIpc) is 2.87. The van der Waals surface area contributed by atoms with Crippen molar-refractivity contribution in [3.05, 3.63) is 18.2 Å². The van der Waals surface area contributed by atoms with Gasteiger partial charge < -0.3 is 21.4 Å². The van der Waals surface area contributed by atoms with Gasteiger partial charge in [0, 0.05) is 25.3 Å². The Balaban J connectivity index is 2.19. The molecule has 90 valence electrons. The predicted octanol–water partition coefficient (Wildman–Crippen LogP) is 0.822. The summed E-state index contributed by atoms with van der Waals surface area (Å²) in [7, 11) is 0. The van der Waals surface area contributed by atoms with Crippen molar-refractivity contribution in [1.29, 1.82) is 0 Å². The second-order valence-corrected chi connectivity index (χ2v) is 4.42. The molecule has 2 aromatic rings. The van der Waals surface area contributed by atoms with Crippen molar-refractivity contribution in [2.75, 3.05) is 23.7 Å². The van der Waals surface area contributed by atoms with E-state index in [0.717, 1.165) is 13.0 Å². The first-order valence-electron chi connectivity index (χ1n) is 5.58. The summed E-state index contributed by atoms with van der Waals surface area (Å²) in [6.45, 7) is 1.41. The van der Waals surface area contributed by atoms with Gasteiger partial charge in [-0.25, -0.2) is 9.37 Å². The van der Waals surface area contributed by atoms with Gasteiger partial charge in [-0.1, -0.05) is 0 Å². The van der Waals surface area contributed by atoms with Crippen molar-refractivity contribution in [1.82, 2.24) is 9.97 Å². The van der Waals surface area contributed by atoms with Crippen LogP contribution in [-0.4, -0.2) is 29.1 Å². The number of nitrogens with one attached hydrogen (secondary N) is 1. The zero-order valence-electron chi connectivity index (χ0n) is 9.28. The van der Waals surface area contributed by atoms with E-state index in [9.17, 15) is 4.39 Å².